The van der Waals surface area contributed by atoms with Gasteiger partial charge in [-0.1, -0.05) is 0 Å². The molecule has 0 amide bonds. The van der Waals surface area contributed by atoms with Crippen LogP contribution in [0.2, 0.25) is 0 Å². The quantitative estimate of drug-likeness (QED) is 0.637. The molecule has 1 aliphatic rings. The summed E-state index contributed by atoms with van der Waals surface area (Å²) in [6.45, 7) is 8.36. The molecule has 0 spiro atoms. The Balaban J connectivity index is 2.40. The first-order valence-electron chi connectivity index (χ1n) is 5.54. The average Bonchev–Trinajstić information content (AvgIpc) is 2.17. The number of likely N-dealkylation sites (N-methyl/N-ethyl adjacent to an activating group) is 1. The van der Waals surface area contributed by atoms with E-state index in [4.69, 9.17) is 10.00 Å². The first kappa shape index (κ1) is 12.4. The Bertz CT molecular complexity index is 224. The molecule has 0 saturated carbocycles. The number of morpholine rings is 1. The van der Waals surface area contributed by atoms with Crippen molar-refractivity contribution in [3.63, 3.8) is 0 Å². The third-order valence-corrected chi connectivity index (χ3v) is 2.78. The van der Waals surface area contributed by atoms with Crippen LogP contribution in [0.15, 0.2) is 0 Å². The van der Waals surface area contributed by atoms with E-state index in [0.717, 1.165) is 26.2 Å². The van der Waals surface area contributed by atoms with Crippen molar-refractivity contribution in [3.8, 4) is 6.07 Å². The number of nitriles is 1. The SMILES string of the molecule is CC(C)N(CC#N)CC1CN(C)CCO1. The molecule has 1 rings (SSSR count). The van der Waals surface area contributed by atoms with Crippen molar-refractivity contribution in [3.05, 3.63) is 0 Å². The first-order valence-corrected chi connectivity index (χ1v) is 5.54. The van der Waals surface area contributed by atoms with Crippen LogP contribution in [-0.4, -0.2) is 61.8 Å². The van der Waals surface area contributed by atoms with Crippen LogP contribution in [0.25, 0.3) is 0 Å². The summed E-state index contributed by atoms with van der Waals surface area (Å²) < 4.78 is 5.68. The zero-order valence-corrected chi connectivity index (χ0v) is 9.94. The van der Waals surface area contributed by atoms with E-state index in [2.05, 4.69) is 36.8 Å². The molecular formula is C11H21N3O. The van der Waals surface area contributed by atoms with Gasteiger partial charge in [0, 0.05) is 25.7 Å². The van der Waals surface area contributed by atoms with E-state index in [1.54, 1.807) is 0 Å². The molecule has 4 heteroatoms. The van der Waals surface area contributed by atoms with Gasteiger partial charge in [-0.25, -0.2) is 0 Å². The van der Waals surface area contributed by atoms with Crippen molar-refractivity contribution >= 4 is 0 Å². The molecule has 15 heavy (non-hydrogen) atoms. The molecule has 1 unspecified atom stereocenters. The van der Waals surface area contributed by atoms with Crippen molar-refractivity contribution in [2.45, 2.75) is 26.0 Å². The molecule has 1 aliphatic heterocycles. The van der Waals surface area contributed by atoms with Gasteiger partial charge in [-0.2, -0.15) is 5.26 Å². The zero-order chi connectivity index (χ0) is 11.3. The van der Waals surface area contributed by atoms with Gasteiger partial charge in [0.2, 0.25) is 0 Å². The number of rotatable bonds is 4. The molecule has 86 valence electrons. The summed E-state index contributed by atoms with van der Waals surface area (Å²) in [5.41, 5.74) is 0. The molecule has 1 atom stereocenters. The Labute approximate surface area is 92.4 Å². The van der Waals surface area contributed by atoms with Gasteiger partial charge in [0.25, 0.3) is 0 Å². The Kier molecular flexibility index (Phi) is 5.03. The fourth-order valence-electron chi connectivity index (χ4n) is 1.79. The number of nitrogens with zero attached hydrogens (tertiary/aromatic N) is 3. The normalized spacial score (nSPS) is 23.3. The van der Waals surface area contributed by atoms with Gasteiger partial charge in [0.05, 0.1) is 25.3 Å². The predicted octanol–water partition coefficient (Wildman–Crippen LogP) is 0.551. The lowest BCUT2D eigenvalue weighted by Gasteiger charge is -2.34. The molecule has 0 N–H and O–H groups in total. The summed E-state index contributed by atoms with van der Waals surface area (Å²) >= 11 is 0. The maximum absolute atomic E-state index is 8.72. The summed E-state index contributed by atoms with van der Waals surface area (Å²) in [7, 11) is 2.11. The van der Waals surface area contributed by atoms with Crippen molar-refractivity contribution in [1.82, 2.24) is 9.80 Å². The molecule has 1 heterocycles. The molecule has 1 saturated heterocycles. The molecule has 0 aliphatic carbocycles. The highest BCUT2D eigenvalue weighted by atomic mass is 16.5. The Morgan fingerprint density at radius 2 is 2.33 bits per heavy atom. The smallest absolute Gasteiger partial charge is 0.0869 e. The molecule has 4 nitrogen and oxygen atoms in total. The third kappa shape index (κ3) is 4.17. The zero-order valence-electron chi connectivity index (χ0n) is 9.94. The summed E-state index contributed by atoms with van der Waals surface area (Å²) in [4.78, 5) is 4.43. The summed E-state index contributed by atoms with van der Waals surface area (Å²) in [5.74, 6) is 0. The third-order valence-electron chi connectivity index (χ3n) is 2.78. The molecule has 0 aromatic heterocycles. The number of hydrogen-bond donors (Lipinski definition) is 0. The standard InChI is InChI=1S/C11H21N3O/c1-10(2)14(5-4-12)9-11-8-13(3)6-7-15-11/h10-11H,5-9H2,1-3H3. The summed E-state index contributed by atoms with van der Waals surface area (Å²) in [5, 5.41) is 8.72. The number of hydrogen-bond acceptors (Lipinski definition) is 4. The highest BCUT2D eigenvalue weighted by Gasteiger charge is 2.21. The van der Waals surface area contributed by atoms with Crippen LogP contribution in [0.4, 0.5) is 0 Å². The maximum Gasteiger partial charge on any atom is 0.0869 e. The Hall–Kier alpha value is -0.630. The first-order chi connectivity index (χ1) is 7.13. The van der Waals surface area contributed by atoms with Gasteiger partial charge in [-0.3, -0.25) is 4.90 Å². The van der Waals surface area contributed by atoms with E-state index in [9.17, 15) is 0 Å². The molecule has 0 aromatic carbocycles. The molecule has 1 fully saturated rings. The van der Waals surface area contributed by atoms with E-state index in [1.807, 2.05) is 0 Å². The van der Waals surface area contributed by atoms with Crippen LogP contribution < -0.4 is 0 Å². The van der Waals surface area contributed by atoms with E-state index >= 15 is 0 Å². The average molecular weight is 211 g/mol. The molecule has 0 aromatic rings. The van der Waals surface area contributed by atoms with Crippen LogP contribution in [0, 0.1) is 11.3 Å². The largest absolute Gasteiger partial charge is 0.374 e. The lowest BCUT2D eigenvalue weighted by molar-refractivity contribution is -0.0376. The summed E-state index contributed by atoms with van der Waals surface area (Å²) in [6, 6.07) is 2.61. The second kappa shape index (κ2) is 6.06. The van der Waals surface area contributed by atoms with E-state index < -0.39 is 0 Å². The van der Waals surface area contributed by atoms with Crippen LogP contribution in [0.1, 0.15) is 13.8 Å². The second-order valence-corrected chi connectivity index (χ2v) is 4.44. The van der Waals surface area contributed by atoms with Gasteiger partial charge in [0.1, 0.15) is 0 Å². The second-order valence-electron chi connectivity index (χ2n) is 4.44. The monoisotopic (exact) mass is 211 g/mol. The van der Waals surface area contributed by atoms with Crippen molar-refractivity contribution in [2.75, 3.05) is 39.8 Å². The molecular weight excluding hydrogens is 190 g/mol. The van der Waals surface area contributed by atoms with Gasteiger partial charge >= 0.3 is 0 Å². The van der Waals surface area contributed by atoms with Crippen LogP contribution in [0.3, 0.4) is 0 Å². The number of ether oxygens (including phenoxy) is 1. The highest BCUT2D eigenvalue weighted by Crippen LogP contribution is 2.07. The van der Waals surface area contributed by atoms with Crippen LogP contribution >= 0.6 is 0 Å². The minimum absolute atomic E-state index is 0.250. The minimum atomic E-state index is 0.250. The lowest BCUT2D eigenvalue weighted by atomic mass is 10.2. The van der Waals surface area contributed by atoms with Crippen molar-refractivity contribution < 1.29 is 4.74 Å². The predicted molar refractivity (Wildman–Crippen MR) is 59.6 cm³/mol. The van der Waals surface area contributed by atoms with Gasteiger partial charge in [0.15, 0.2) is 0 Å². The van der Waals surface area contributed by atoms with Gasteiger partial charge in [-0.05, 0) is 20.9 Å². The fraction of sp³-hybridized carbons (Fsp3) is 0.909. The van der Waals surface area contributed by atoms with E-state index in [0.29, 0.717) is 12.6 Å². The highest BCUT2D eigenvalue weighted by molar-refractivity contribution is 4.82. The Morgan fingerprint density at radius 1 is 1.60 bits per heavy atom. The molecule has 0 radical (unpaired) electrons. The van der Waals surface area contributed by atoms with E-state index in [1.165, 1.54) is 0 Å². The van der Waals surface area contributed by atoms with Crippen molar-refractivity contribution in [1.29, 1.82) is 5.26 Å². The van der Waals surface area contributed by atoms with Gasteiger partial charge < -0.3 is 9.64 Å². The maximum atomic E-state index is 8.72. The van der Waals surface area contributed by atoms with Crippen molar-refractivity contribution in [2.24, 2.45) is 0 Å². The fourth-order valence-corrected chi connectivity index (χ4v) is 1.79. The van der Waals surface area contributed by atoms with Crippen LogP contribution in [-0.2, 0) is 4.74 Å². The van der Waals surface area contributed by atoms with E-state index in [-0.39, 0.29) is 6.10 Å². The topological polar surface area (TPSA) is 39.5 Å². The molecule has 0 bridgehead atoms. The summed E-state index contributed by atoms with van der Waals surface area (Å²) in [6.07, 6.45) is 0.250. The Morgan fingerprint density at radius 3 is 2.87 bits per heavy atom. The van der Waals surface area contributed by atoms with Gasteiger partial charge in [-0.15, -0.1) is 0 Å². The minimum Gasteiger partial charge on any atom is -0.374 e. The van der Waals surface area contributed by atoms with Crippen LogP contribution in [0.5, 0.6) is 0 Å². The lowest BCUT2D eigenvalue weighted by Crippen LogP contribution is -2.47.